The van der Waals surface area contributed by atoms with Crippen molar-refractivity contribution < 1.29 is 13.2 Å². The fourth-order valence-electron chi connectivity index (χ4n) is 2.86. The Labute approximate surface area is 168 Å². The highest BCUT2D eigenvalue weighted by molar-refractivity contribution is 7.99. The molecule has 1 amide bonds. The molecule has 146 valence electrons. The van der Waals surface area contributed by atoms with Gasteiger partial charge < -0.3 is 5.32 Å². The summed E-state index contributed by atoms with van der Waals surface area (Å²) in [7, 11) is -3.31. The number of hydrogen-bond donors (Lipinski definition) is 1. The van der Waals surface area contributed by atoms with Gasteiger partial charge in [0.25, 0.3) is 5.56 Å². The minimum absolute atomic E-state index is 0.136. The van der Waals surface area contributed by atoms with Gasteiger partial charge in [-0.2, -0.15) is 0 Å². The molecule has 3 aromatic rings. The van der Waals surface area contributed by atoms with Gasteiger partial charge in [-0.15, -0.1) is 0 Å². The third-order valence-corrected chi connectivity index (χ3v) is 7.58. The molecule has 0 spiro atoms. The Morgan fingerprint density at radius 2 is 2.14 bits per heavy atom. The van der Waals surface area contributed by atoms with Crippen LogP contribution in [0.1, 0.15) is 5.56 Å². The maximum Gasteiger partial charge on any atom is 0.257 e. The number of nitrogens with one attached hydrogen (secondary N) is 1. The van der Waals surface area contributed by atoms with E-state index in [1.54, 1.807) is 25.3 Å². The number of amides is 1. The first-order chi connectivity index (χ1) is 13.2. The number of anilines is 1. The number of aryl methyl sites for hydroxylation is 1. The van der Waals surface area contributed by atoms with E-state index in [1.165, 1.54) is 33.7 Å². The summed E-state index contributed by atoms with van der Waals surface area (Å²) in [6.45, 7) is 1.97. The highest BCUT2D eigenvalue weighted by Crippen LogP contribution is 2.30. The molecule has 0 saturated heterocycles. The smallest absolute Gasteiger partial charge is 0.257 e. The first-order valence-corrected chi connectivity index (χ1v) is 12.0. The van der Waals surface area contributed by atoms with Crippen molar-refractivity contribution in [2.45, 2.75) is 23.5 Å². The van der Waals surface area contributed by atoms with Crippen LogP contribution in [0.3, 0.4) is 0 Å². The third kappa shape index (κ3) is 3.56. The zero-order chi connectivity index (χ0) is 20.1. The number of sulfone groups is 1. The van der Waals surface area contributed by atoms with Crippen molar-refractivity contribution in [1.29, 1.82) is 0 Å². The van der Waals surface area contributed by atoms with Crippen LogP contribution >= 0.6 is 23.1 Å². The Balaban J connectivity index is 1.55. The van der Waals surface area contributed by atoms with Crippen LogP contribution in [0.15, 0.2) is 39.2 Å². The molecule has 1 aromatic carbocycles. The minimum Gasteiger partial charge on any atom is -0.302 e. The molecule has 0 bridgehead atoms. The summed E-state index contributed by atoms with van der Waals surface area (Å²) in [6, 6.07) is 4.68. The molecule has 0 aliphatic carbocycles. The second-order valence-electron chi connectivity index (χ2n) is 6.56. The number of thiazole rings is 1. The van der Waals surface area contributed by atoms with Gasteiger partial charge in [-0.05, 0) is 25.1 Å². The van der Waals surface area contributed by atoms with Crippen LogP contribution in [0, 0.1) is 12.8 Å². The predicted octanol–water partition coefficient (Wildman–Crippen LogP) is 1.93. The lowest BCUT2D eigenvalue weighted by molar-refractivity contribution is -0.119. The topological polar surface area (TPSA) is 111 Å². The van der Waals surface area contributed by atoms with Crippen molar-refractivity contribution in [3.05, 3.63) is 40.3 Å². The van der Waals surface area contributed by atoms with Gasteiger partial charge in [0.2, 0.25) is 5.91 Å². The summed E-state index contributed by atoms with van der Waals surface area (Å²) in [4.78, 5) is 33.8. The van der Waals surface area contributed by atoms with E-state index in [0.29, 0.717) is 31.8 Å². The van der Waals surface area contributed by atoms with Crippen molar-refractivity contribution in [2.75, 3.05) is 17.3 Å². The number of carbonyl (C=O) groups excluding carboxylic acids is 1. The molecule has 1 aliphatic rings. The Hall–Kier alpha value is -2.24. The summed E-state index contributed by atoms with van der Waals surface area (Å²) in [6.07, 6.45) is 2.70. The average molecular weight is 437 g/mol. The molecule has 0 unspecified atom stereocenters. The van der Waals surface area contributed by atoms with Crippen molar-refractivity contribution >= 4 is 54.2 Å². The summed E-state index contributed by atoms with van der Waals surface area (Å²) in [5.41, 5.74) is 1.02. The zero-order valence-corrected chi connectivity index (χ0v) is 17.4. The van der Waals surface area contributed by atoms with Crippen molar-refractivity contribution in [3.8, 4) is 0 Å². The number of aromatic nitrogens is 3. The van der Waals surface area contributed by atoms with Gasteiger partial charge in [-0.1, -0.05) is 23.1 Å². The van der Waals surface area contributed by atoms with Gasteiger partial charge in [-0.3, -0.25) is 14.2 Å². The van der Waals surface area contributed by atoms with E-state index in [1.807, 2.05) is 0 Å². The minimum atomic E-state index is -3.31. The van der Waals surface area contributed by atoms with E-state index < -0.39 is 15.8 Å². The van der Waals surface area contributed by atoms with Gasteiger partial charge in [0, 0.05) is 30.3 Å². The number of benzene rings is 1. The summed E-state index contributed by atoms with van der Waals surface area (Å²) in [5.74, 6) is -0.101. The van der Waals surface area contributed by atoms with Crippen LogP contribution in [0.5, 0.6) is 0 Å². The largest absolute Gasteiger partial charge is 0.302 e. The van der Waals surface area contributed by atoms with Crippen LogP contribution in [-0.4, -0.2) is 40.9 Å². The van der Waals surface area contributed by atoms with Crippen molar-refractivity contribution in [2.24, 2.45) is 5.92 Å². The average Bonchev–Trinajstić information content (AvgIpc) is 3.05. The molecule has 11 heteroatoms. The Bertz CT molecular complexity index is 1260. The summed E-state index contributed by atoms with van der Waals surface area (Å²) >= 11 is 2.59. The maximum atomic E-state index is 12.7. The molecule has 8 nitrogen and oxygen atoms in total. The van der Waals surface area contributed by atoms with Crippen molar-refractivity contribution in [3.63, 3.8) is 0 Å². The van der Waals surface area contributed by atoms with E-state index in [0.717, 1.165) is 6.26 Å². The normalized spacial score (nSPS) is 16.7. The fraction of sp³-hybridized carbons (Fsp3) is 0.294. The van der Waals surface area contributed by atoms with Crippen LogP contribution in [-0.2, 0) is 21.2 Å². The van der Waals surface area contributed by atoms with Crippen molar-refractivity contribution in [1.82, 2.24) is 14.5 Å². The zero-order valence-electron chi connectivity index (χ0n) is 15.0. The molecule has 28 heavy (non-hydrogen) atoms. The second-order valence-corrected chi connectivity index (χ2v) is 10.6. The molecule has 3 heterocycles. The highest BCUT2D eigenvalue weighted by Gasteiger charge is 2.27. The lowest BCUT2D eigenvalue weighted by Crippen LogP contribution is -2.37. The molecular weight excluding hydrogens is 420 g/mol. The SMILES string of the molecule is Cc1cnc2n(c1=O)C[C@H](C(=O)Nc1nc3ccc(S(C)(=O)=O)cc3s1)CS2. The monoisotopic (exact) mass is 436 g/mol. The maximum absolute atomic E-state index is 12.7. The quantitative estimate of drug-likeness (QED) is 0.625. The van der Waals surface area contributed by atoms with Crippen LogP contribution in [0.2, 0.25) is 0 Å². The number of nitrogens with zero attached hydrogens (tertiary/aromatic N) is 3. The molecule has 1 aliphatic heterocycles. The number of fused-ring (bicyclic) bond motifs is 2. The molecule has 1 N–H and O–H groups in total. The lowest BCUT2D eigenvalue weighted by atomic mass is 10.1. The van der Waals surface area contributed by atoms with Crippen LogP contribution in [0.25, 0.3) is 10.2 Å². The highest BCUT2D eigenvalue weighted by atomic mass is 32.2. The van der Waals surface area contributed by atoms with Gasteiger partial charge in [-0.25, -0.2) is 18.4 Å². The van der Waals surface area contributed by atoms with E-state index in [4.69, 9.17) is 0 Å². The Morgan fingerprint density at radius 1 is 1.36 bits per heavy atom. The summed E-state index contributed by atoms with van der Waals surface area (Å²) < 4.78 is 25.6. The number of carbonyl (C=O) groups is 1. The second kappa shape index (κ2) is 6.98. The van der Waals surface area contributed by atoms with Gasteiger partial charge in [0.1, 0.15) is 0 Å². The van der Waals surface area contributed by atoms with E-state index in [9.17, 15) is 18.0 Å². The predicted molar refractivity (Wildman–Crippen MR) is 109 cm³/mol. The third-order valence-electron chi connectivity index (χ3n) is 4.39. The molecule has 0 radical (unpaired) electrons. The Morgan fingerprint density at radius 3 is 2.89 bits per heavy atom. The molecule has 4 rings (SSSR count). The van der Waals surface area contributed by atoms with Gasteiger partial charge in [0.05, 0.1) is 21.0 Å². The summed E-state index contributed by atoms with van der Waals surface area (Å²) in [5, 5.41) is 3.81. The standard InChI is InChI=1S/C17H16N4O4S3/c1-9-6-18-17-21(15(9)23)7-10(8-26-17)14(22)20-16-19-12-4-3-11(28(2,24)25)5-13(12)27-16/h3-6,10H,7-8H2,1-2H3,(H,19,20,22)/t10-/m0/s1. The first kappa shape index (κ1) is 19.1. The fourth-order valence-corrected chi connectivity index (χ4v) is 5.53. The number of hydrogen-bond acceptors (Lipinski definition) is 8. The first-order valence-electron chi connectivity index (χ1n) is 8.33. The molecule has 1 atom stereocenters. The lowest BCUT2D eigenvalue weighted by Gasteiger charge is -2.23. The van der Waals surface area contributed by atoms with Gasteiger partial charge in [0.15, 0.2) is 20.1 Å². The number of thioether (sulfide) groups is 1. The van der Waals surface area contributed by atoms with E-state index in [-0.39, 0.29) is 22.9 Å². The van der Waals surface area contributed by atoms with Gasteiger partial charge >= 0.3 is 0 Å². The molecule has 2 aromatic heterocycles. The van der Waals surface area contributed by atoms with E-state index >= 15 is 0 Å². The molecular formula is C17H16N4O4S3. The number of rotatable bonds is 3. The molecule has 0 saturated carbocycles. The van der Waals surface area contributed by atoms with Crippen LogP contribution in [0.4, 0.5) is 5.13 Å². The molecule has 0 fully saturated rings. The van der Waals surface area contributed by atoms with E-state index in [2.05, 4.69) is 15.3 Å². The Kier molecular flexibility index (Phi) is 4.76. The van der Waals surface area contributed by atoms with Crippen LogP contribution < -0.4 is 10.9 Å².